The maximum atomic E-state index is 5.89. The van der Waals surface area contributed by atoms with Crippen LogP contribution in [-0.2, 0) is 4.74 Å². The van der Waals surface area contributed by atoms with Crippen molar-refractivity contribution < 1.29 is 4.74 Å². The highest BCUT2D eigenvalue weighted by molar-refractivity contribution is 4.85. The van der Waals surface area contributed by atoms with Crippen molar-refractivity contribution in [1.82, 2.24) is 5.32 Å². The number of rotatable bonds is 6. The lowest BCUT2D eigenvalue weighted by atomic mass is 9.80. The van der Waals surface area contributed by atoms with E-state index in [1.165, 1.54) is 6.42 Å². The van der Waals surface area contributed by atoms with Gasteiger partial charge in [-0.15, -0.1) is 0 Å². The van der Waals surface area contributed by atoms with Gasteiger partial charge in [0.2, 0.25) is 0 Å². The summed E-state index contributed by atoms with van der Waals surface area (Å²) in [5.41, 5.74) is 6.19. The minimum Gasteiger partial charge on any atom is -0.381 e. The van der Waals surface area contributed by atoms with Gasteiger partial charge in [-0.3, -0.25) is 0 Å². The first kappa shape index (κ1) is 12.9. The molecule has 0 radical (unpaired) electrons. The number of nitrogens with two attached hydrogens (primary N) is 1. The lowest BCUT2D eigenvalue weighted by Gasteiger charge is -2.36. The number of nitrogens with one attached hydrogen (secondary N) is 1. The van der Waals surface area contributed by atoms with Crippen molar-refractivity contribution in [3.63, 3.8) is 0 Å². The summed E-state index contributed by atoms with van der Waals surface area (Å²) in [7, 11) is 0. The predicted octanol–water partition coefficient (Wildman–Crippen LogP) is 1.38. The van der Waals surface area contributed by atoms with Crippen LogP contribution in [0.5, 0.6) is 0 Å². The van der Waals surface area contributed by atoms with Crippen molar-refractivity contribution in [1.29, 1.82) is 0 Å². The maximum absolute atomic E-state index is 5.89. The summed E-state index contributed by atoms with van der Waals surface area (Å²) < 4.78 is 5.39. The Morgan fingerprint density at radius 1 is 1.40 bits per heavy atom. The first-order chi connectivity index (χ1) is 7.22. The molecule has 15 heavy (non-hydrogen) atoms. The van der Waals surface area contributed by atoms with E-state index in [1.807, 2.05) is 0 Å². The minimum atomic E-state index is 0.297. The Balaban J connectivity index is 2.26. The monoisotopic (exact) mass is 214 g/mol. The molecule has 1 aliphatic heterocycles. The van der Waals surface area contributed by atoms with E-state index in [2.05, 4.69) is 19.2 Å². The van der Waals surface area contributed by atoms with E-state index < -0.39 is 0 Å². The maximum Gasteiger partial charge on any atom is 0.0472 e. The second-order valence-electron chi connectivity index (χ2n) is 4.96. The van der Waals surface area contributed by atoms with Crippen LogP contribution in [0.4, 0.5) is 0 Å². The molecule has 1 aliphatic rings. The zero-order valence-corrected chi connectivity index (χ0v) is 10.2. The molecular weight excluding hydrogens is 188 g/mol. The highest BCUT2D eigenvalue weighted by Gasteiger charge is 2.30. The third-order valence-corrected chi connectivity index (χ3v) is 3.68. The van der Waals surface area contributed by atoms with Crippen molar-refractivity contribution in [3.8, 4) is 0 Å². The zero-order chi connectivity index (χ0) is 11.1. The van der Waals surface area contributed by atoms with E-state index in [1.54, 1.807) is 0 Å². The van der Waals surface area contributed by atoms with Crippen molar-refractivity contribution >= 4 is 0 Å². The third kappa shape index (κ3) is 4.09. The highest BCUT2D eigenvalue weighted by Crippen LogP contribution is 2.28. The van der Waals surface area contributed by atoms with Gasteiger partial charge in [0.1, 0.15) is 0 Å². The second kappa shape index (κ2) is 6.46. The van der Waals surface area contributed by atoms with Gasteiger partial charge in [-0.2, -0.15) is 0 Å². The fourth-order valence-corrected chi connectivity index (χ4v) is 1.99. The van der Waals surface area contributed by atoms with Crippen LogP contribution in [0.25, 0.3) is 0 Å². The van der Waals surface area contributed by atoms with Gasteiger partial charge < -0.3 is 15.8 Å². The van der Waals surface area contributed by atoms with Crippen molar-refractivity contribution in [3.05, 3.63) is 0 Å². The highest BCUT2D eigenvalue weighted by atomic mass is 16.5. The Kier molecular flexibility index (Phi) is 5.58. The molecule has 0 saturated carbocycles. The molecule has 1 rings (SSSR count). The van der Waals surface area contributed by atoms with Gasteiger partial charge in [0, 0.05) is 19.8 Å². The molecular formula is C12H26N2O. The van der Waals surface area contributed by atoms with Crippen LogP contribution in [0.15, 0.2) is 0 Å². The van der Waals surface area contributed by atoms with Gasteiger partial charge >= 0.3 is 0 Å². The van der Waals surface area contributed by atoms with Gasteiger partial charge in [0.15, 0.2) is 0 Å². The Morgan fingerprint density at radius 3 is 2.60 bits per heavy atom. The van der Waals surface area contributed by atoms with Gasteiger partial charge in [-0.1, -0.05) is 20.3 Å². The number of hydrogen-bond acceptors (Lipinski definition) is 3. The predicted molar refractivity (Wildman–Crippen MR) is 63.9 cm³/mol. The summed E-state index contributed by atoms with van der Waals surface area (Å²) in [4.78, 5) is 0. The lowest BCUT2D eigenvalue weighted by molar-refractivity contribution is 0.0189. The lowest BCUT2D eigenvalue weighted by Crippen LogP contribution is -2.45. The first-order valence-corrected chi connectivity index (χ1v) is 6.21. The average Bonchev–Trinajstić information content (AvgIpc) is 2.30. The smallest absolute Gasteiger partial charge is 0.0472 e. The summed E-state index contributed by atoms with van der Waals surface area (Å²) in [6.07, 6.45) is 3.46. The van der Waals surface area contributed by atoms with Crippen LogP contribution in [0.3, 0.4) is 0 Å². The minimum absolute atomic E-state index is 0.297. The zero-order valence-electron chi connectivity index (χ0n) is 10.2. The van der Waals surface area contributed by atoms with Crippen LogP contribution in [-0.4, -0.2) is 32.8 Å². The van der Waals surface area contributed by atoms with Crippen molar-refractivity contribution in [2.24, 2.45) is 17.1 Å². The summed E-state index contributed by atoms with van der Waals surface area (Å²) in [5, 5.41) is 3.56. The SMILES string of the molecule is CCC(C)CNCC1(CN)CCOCC1. The van der Waals surface area contributed by atoms with Crippen LogP contribution >= 0.6 is 0 Å². The van der Waals surface area contributed by atoms with Gasteiger partial charge in [0.05, 0.1) is 0 Å². The van der Waals surface area contributed by atoms with Crippen molar-refractivity contribution in [2.75, 3.05) is 32.8 Å². The van der Waals surface area contributed by atoms with Gasteiger partial charge in [-0.05, 0) is 37.3 Å². The third-order valence-electron chi connectivity index (χ3n) is 3.68. The Labute approximate surface area is 93.8 Å². The summed E-state index contributed by atoms with van der Waals surface area (Å²) in [5.74, 6) is 0.764. The molecule has 0 aromatic carbocycles. The molecule has 1 unspecified atom stereocenters. The molecule has 1 fully saturated rings. The molecule has 3 N–H and O–H groups in total. The Bertz CT molecular complexity index is 167. The van der Waals surface area contributed by atoms with Crippen LogP contribution in [0.2, 0.25) is 0 Å². The van der Waals surface area contributed by atoms with Crippen LogP contribution < -0.4 is 11.1 Å². The topological polar surface area (TPSA) is 47.3 Å². The number of ether oxygens (including phenoxy) is 1. The summed E-state index contributed by atoms with van der Waals surface area (Å²) in [6, 6.07) is 0. The molecule has 3 nitrogen and oxygen atoms in total. The Hall–Kier alpha value is -0.120. The fourth-order valence-electron chi connectivity index (χ4n) is 1.99. The molecule has 0 aliphatic carbocycles. The average molecular weight is 214 g/mol. The van der Waals surface area contributed by atoms with E-state index in [-0.39, 0.29) is 0 Å². The number of hydrogen-bond donors (Lipinski definition) is 2. The molecule has 3 heteroatoms. The largest absolute Gasteiger partial charge is 0.381 e. The van der Waals surface area contributed by atoms with E-state index in [0.29, 0.717) is 5.41 Å². The summed E-state index contributed by atoms with van der Waals surface area (Å²) >= 11 is 0. The molecule has 0 bridgehead atoms. The van der Waals surface area contributed by atoms with E-state index in [0.717, 1.165) is 51.6 Å². The molecule has 90 valence electrons. The second-order valence-corrected chi connectivity index (χ2v) is 4.96. The van der Waals surface area contributed by atoms with Crippen LogP contribution in [0.1, 0.15) is 33.1 Å². The standard InChI is InChI=1S/C12H26N2O/c1-3-11(2)8-14-10-12(9-13)4-6-15-7-5-12/h11,14H,3-10,13H2,1-2H3. The van der Waals surface area contributed by atoms with E-state index in [9.17, 15) is 0 Å². The van der Waals surface area contributed by atoms with E-state index in [4.69, 9.17) is 10.5 Å². The molecule has 1 atom stereocenters. The molecule has 0 aromatic rings. The Morgan fingerprint density at radius 2 is 2.07 bits per heavy atom. The molecule has 0 spiro atoms. The molecule has 0 amide bonds. The molecule has 1 heterocycles. The molecule has 0 aromatic heterocycles. The van der Waals surface area contributed by atoms with Crippen molar-refractivity contribution in [2.45, 2.75) is 33.1 Å². The quantitative estimate of drug-likeness (QED) is 0.702. The summed E-state index contributed by atoms with van der Waals surface area (Å²) in [6.45, 7) is 9.22. The van der Waals surface area contributed by atoms with Crippen LogP contribution in [0, 0.1) is 11.3 Å². The van der Waals surface area contributed by atoms with Gasteiger partial charge in [-0.25, -0.2) is 0 Å². The first-order valence-electron chi connectivity index (χ1n) is 6.21. The normalized spacial score (nSPS) is 22.6. The fraction of sp³-hybridized carbons (Fsp3) is 1.00. The molecule has 1 saturated heterocycles. The van der Waals surface area contributed by atoms with E-state index >= 15 is 0 Å². The van der Waals surface area contributed by atoms with Gasteiger partial charge in [0.25, 0.3) is 0 Å².